The average Bonchev–Trinajstić information content (AvgIpc) is 2.83. The normalized spacial score (nSPS) is 10.8. The molecule has 106 valence electrons. The van der Waals surface area contributed by atoms with Gasteiger partial charge in [-0.2, -0.15) is 0 Å². The van der Waals surface area contributed by atoms with Crippen LogP contribution >= 0.6 is 43.2 Å². The van der Waals surface area contributed by atoms with Crippen molar-refractivity contribution in [3.05, 3.63) is 55.7 Å². The Morgan fingerprint density at radius 3 is 2.86 bits per heavy atom. The number of hydrogen-bond donors (Lipinski definition) is 0. The predicted molar refractivity (Wildman–Crippen MR) is 91.3 cm³/mol. The molecular weight excluding hydrogens is 418 g/mol. The summed E-state index contributed by atoms with van der Waals surface area (Å²) in [6.45, 7) is 0.000113. The van der Waals surface area contributed by atoms with Gasteiger partial charge in [0, 0.05) is 23.2 Å². The number of benzene rings is 1. The van der Waals surface area contributed by atoms with Crippen LogP contribution in [0.15, 0.2) is 50.2 Å². The molecular formula is C15H9Br2NO2S. The van der Waals surface area contributed by atoms with Gasteiger partial charge in [-0.3, -0.25) is 9.78 Å². The van der Waals surface area contributed by atoms with Gasteiger partial charge in [0.15, 0.2) is 6.61 Å². The minimum atomic E-state index is -0.0649. The quantitative estimate of drug-likeness (QED) is 0.546. The van der Waals surface area contributed by atoms with Gasteiger partial charge in [-0.05, 0) is 56.1 Å². The lowest BCUT2D eigenvalue weighted by Gasteiger charge is -2.06. The van der Waals surface area contributed by atoms with Crippen molar-refractivity contribution in [2.24, 2.45) is 0 Å². The molecule has 0 aliphatic heterocycles. The van der Waals surface area contributed by atoms with Gasteiger partial charge in [-0.1, -0.05) is 6.07 Å². The average molecular weight is 427 g/mol. The van der Waals surface area contributed by atoms with Crippen molar-refractivity contribution in [3.8, 4) is 5.75 Å². The molecule has 0 spiro atoms. The zero-order valence-corrected chi connectivity index (χ0v) is 14.7. The molecule has 0 N–H and O–H groups in total. The van der Waals surface area contributed by atoms with Crippen molar-refractivity contribution in [1.82, 2.24) is 4.98 Å². The van der Waals surface area contributed by atoms with E-state index >= 15 is 0 Å². The third-order valence-corrected chi connectivity index (χ3v) is 5.24. The van der Waals surface area contributed by atoms with Crippen LogP contribution in [0.3, 0.4) is 0 Å². The molecule has 3 nitrogen and oxygen atoms in total. The van der Waals surface area contributed by atoms with Crippen molar-refractivity contribution in [2.75, 3.05) is 6.61 Å². The number of Topliss-reactive ketones (excluding diaryl/α,β-unsaturated/α-hetero) is 1. The maximum atomic E-state index is 12.1. The molecule has 3 rings (SSSR count). The number of ether oxygens (including phenoxy) is 1. The Bertz CT molecular complexity index is 816. The standard InChI is InChI=1S/C15H9Br2NO2S/c16-14-7-11(15(17)21-14)13(19)8-20-10-4-3-9-2-1-5-18-12(9)6-10/h1-7H,8H2. The monoisotopic (exact) mass is 425 g/mol. The second kappa shape index (κ2) is 6.25. The highest BCUT2D eigenvalue weighted by Crippen LogP contribution is 2.32. The second-order valence-electron chi connectivity index (χ2n) is 4.31. The smallest absolute Gasteiger partial charge is 0.202 e. The third-order valence-electron chi connectivity index (χ3n) is 2.90. The van der Waals surface area contributed by atoms with E-state index in [0.717, 1.165) is 18.5 Å². The number of rotatable bonds is 4. The summed E-state index contributed by atoms with van der Waals surface area (Å²) in [4.78, 5) is 16.4. The summed E-state index contributed by atoms with van der Waals surface area (Å²) in [6.07, 6.45) is 1.73. The van der Waals surface area contributed by atoms with Crippen LogP contribution in [0.2, 0.25) is 0 Å². The first-order valence-electron chi connectivity index (χ1n) is 6.09. The van der Waals surface area contributed by atoms with E-state index in [1.807, 2.05) is 30.3 Å². The summed E-state index contributed by atoms with van der Waals surface area (Å²) in [6, 6.07) is 11.3. The van der Waals surface area contributed by atoms with Crippen LogP contribution in [-0.2, 0) is 0 Å². The number of nitrogens with zero attached hydrogens (tertiary/aromatic N) is 1. The molecule has 6 heteroatoms. The molecule has 1 aromatic carbocycles. The zero-order chi connectivity index (χ0) is 14.8. The lowest BCUT2D eigenvalue weighted by atomic mass is 10.2. The molecule has 2 heterocycles. The Balaban J connectivity index is 1.74. The Morgan fingerprint density at radius 2 is 2.10 bits per heavy atom. The summed E-state index contributed by atoms with van der Waals surface area (Å²) in [5.41, 5.74) is 1.48. The van der Waals surface area contributed by atoms with Crippen molar-refractivity contribution >= 4 is 59.9 Å². The topological polar surface area (TPSA) is 39.2 Å². The van der Waals surface area contributed by atoms with E-state index in [2.05, 4.69) is 36.8 Å². The molecule has 0 saturated carbocycles. The Labute approximate surface area is 142 Å². The van der Waals surface area contributed by atoms with Gasteiger partial charge in [0.25, 0.3) is 0 Å². The number of fused-ring (bicyclic) bond motifs is 1. The molecule has 0 unspecified atom stereocenters. The van der Waals surface area contributed by atoms with E-state index in [1.165, 1.54) is 11.3 Å². The fourth-order valence-electron chi connectivity index (χ4n) is 1.89. The molecule has 3 aromatic rings. The van der Waals surface area contributed by atoms with Crippen LogP contribution < -0.4 is 4.74 Å². The van der Waals surface area contributed by atoms with E-state index in [1.54, 1.807) is 12.3 Å². The number of carbonyl (C=O) groups excluding carboxylic acids is 1. The largest absolute Gasteiger partial charge is 0.485 e. The maximum absolute atomic E-state index is 12.1. The molecule has 2 aromatic heterocycles. The number of thiophene rings is 1. The number of pyridine rings is 1. The van der Waals surface area contributed by atoms with Gasteiger partial charge in [0.2, 0.25) is 5.78 Å². The van der Waals surface area contributed by atoms with Crippen LogP contribution in [-0.4, -0.2) is 17.4 Å². The number of hydrogen-bond acceptors (Lipinski definition) is 4. The van der Waals surface area contributed by atoms with E-state index in [9.17, 15) is 4.79 Å². The molecule has 0 saturated heterocycles. The third kappa shape index (κ3) is 3.33. The summed E-state index contributed by atoms with van der Waals surface area (Å²) >= 11 is 8.21. The molecule has 0 radical (unpaired) electrons. The highest BCUT2D eigenvalue weighted by Gasteiger charge is 2.14. The Morgan fingerprint density at radius 1 is 1.24 bits per heavy atom. The fourth-order valence-corrected chi connectivity index (χ4v) is 4.75. The summed E-state index contributed by atoms with van der Waals surface area (Å²) in [5.74, 6) is 0.574. The molecule has 21 heavy (non-hydrogen) atoms. The van der Waals surface area contributed by atoms with Crippen molar-refractivity contribution in [3.63, 3.8) is 0 Å². The molecule has 0 fully saturated rings. The number of halogens is 2. The molecule has 0 aliphatic carbocycles. The first-order valence-corrected chi connectivity index (χ1v) is 8.49. The zero-order valence-electron chi connectivity index (χ0n) is 10.7. The van der Waals surface area contributed by atoms with Gasteiger partial charge >= 0.3 is 0 Å². The van der Waals surface area contributed by atoms with E-state index in [4.69, 9.17) is 4.74 Å². The van der Waals surface area contributed by atoms with Gasteiger partial charge in [0.1, 0.15) is 5.75 Å². The Kier molecular flexibility index (Phi) is 4.37. The summed E-state index contributed by atoms with van der Waals surface area (Å²) in [7, 11) is 0. The first kappa shape index (κ1) is 14.7. The van der Waals surface area contributed by atoms with Gasteiger partial charge in [0.05, 0.1) is 13.1 Å². The van der Waals surface area contributed by atoms with Crippen LogP contribution in [0.5, 0.6) is 5.75 Å². The van der Waals surface area contributed by atoms with E-state index < -0.39 is 0 Å². The first-order chi connectivity index (χ1) is 10.1. The number of aromatic nitrogens is 1. The van der Waals surface area contributed by atoms with Gasteiger partial charge in [-0.15, -0.1) is 11.3 Å². The van der Waals surface area contributed by atoms with Crippen LogP contribution in [0.1, 0.15) is 10.4 Å². The highest BCUT2D eigenvalue weighted by molar-refractivity contribution is 9.12. The van der Waals surface area contributed by atoms with Crippen molar-refractivity contribution < 1.29 is 9.53 Å². The molecule has 0 atom stereocenters. The fraction of sp³-hybridized carbons (Fsp3) is 0.0667. The maximum Gasteiger partial charge on any atom is 0.202 e. The van der Waals surface area contributed by atoms with Crippen molar-refractivity contribution in [2.45, 2.75) is 0 Å². The van der Waals surface area contributed by atoms with Crippen molar-refractivity contribution in [1.29, 1.82) is 0 Å². The van der Waals surface area contributed by atoms with Gasteiger partial charge < -0.3 is 4.74 Å². The minimum Gasteiger partial charge on any atom is -0.485 e. The molecule has 0 amide bonds. The Hall–Kier alpha value is -1.24. The number of ketones is 1. The van der Waals surface area contributed by atoms with Crippen LogP contribution in [0, 0.1) is 0 Å². The SMILES string of the molecule is O=C(COc1ccc2cccnc2c1)c1cc(Br)sc1Br. The lowest BCUT2D eigenvalue weighted by Crippen LogP contribution is -2.11. The lowest BCUT2D eigenvalue weighted by molar-refractivity contribution is 0.0921. The molecule has 0 bridgehead atoms. The summed E-state index contributed by atoms with van der Waals surface area (Å²) in [5, 5.41) is 1.04. The molecule has 0 aliphatic rings. The predicted octanol–water partition coefficient (Wildman–Crippen LogP) is 5.08. The second-order valence-corrected chi connectivity index (χ2v) is 8.06. The summed E-state index contributed by atoms with van der Waals surface area (Å²) < 4.78 is 7.29. The van der Waals surface area contributed by atoms with E-state index in [0.29, 0.717) is 11.3 Å². The van der Waals surface area contributed by atoms with Crippen LogP contribution in [0.25, 0.3) is 10.9 Å². The van der Waals surface area contributed by atoms with E-state index in [-0.39, 0.29) is 12.4 Å². The van der Waals surface area contributed by atoms with Crippen LogP contribution in [0.4, 0.5) is 0 Å². The van der Waals surface area contributed by atoms with Gasteiger partial charge in [-0.25, -0.2) is 0 Å². The highest BCUT2D eigenvalue weighted by atomic mass is 79.9. The minimum absolute atomic E-state index is 0.000113. The number of carbonyl (C=O) groups is 1.